The van der Waals surface area contributed by atoms with E-state index in [1.54, 1.807) is 20.2 Å². The number of methoxy groups -OCH3 is 1. The van der Waals surface area contributed by atoms with Crippen LogP contribution in [0.4, 0.5) is 5.69 Å². The molecule has 3 heterocycles. The molecule has 0 saturated carbocycles. The van der Waals surface area contributed by atoms with Crippen LogP contribution in [0.25, 0.3) is 0 Å². The molecule has 1 saturated heterocycles. The number of hydrogen-bond donors (Lipinski definition) is 0. The number of anilines is 1. The summed E-state index contributed by atoms with van der Waals surface area (Å²) >= 11 is 0. The highest BCUT2D eigenvalue weighted by molar-refractivity contribution is 5.92. The van der Waals surface area contributed by atoms with Crippen LogP contribution < -0.4 is 9.64 Å². The zero-order valence-electron chi connectivity index (χ0n) is 23.0. The van der Waals surface area contributed by atoms with Gasteiger partial charge in [0.2, 0.25) is 11.8 Å². The van der Waals surface area contributed by atoms with Crippen molar-refractivity contribution in [3.05, 3.63) is 89.7 Å². The van der Waals surface area contributed by atoms with Crippen LogP contribution in [0.15, 0.2) is 73.1 Å². The summed E-state index contributed by atoms with van der Waals surface area (Å²) in [7, 11) is 1.67. The quantitative estimate of drug-likeness (QED) is 0.460. The predicted octanol–water partition coefficient (Wildman–Crippen LogP) is 4.84. The number of para-hydroxylation sites is 2. The van der Waals surface area contributed by atoms with Gasteiger partial charge in [-0.05, 0) is 60.6 Å². The number of pyridine rings is 1. The van der Waals surface area contributed by atoms with Crippen molar-refractivity contribution < 1.29 is 14.3 Å². The van der Waals surface area contributed by atoms with Gasteiger partial charge in [-0.1, -0.05) is 42.5 Å². The number of fused-ring (bicyclic) bond motifs is 3. The van der Waals surface area contributed by atoms with Gasteiger partial charge in [-0.3, -0.25) is 19.5 Å². The third kappa shape index (κ3) is 6.31. The summed E-state index contributed by atoms with van der Waals surface area (Å²) in [6.07, 6.45) is 7.73. The van der Waals surface area contributed by atoms with E-state index in [1.165, 1.54) is 5.56 Å². The lowest BCUT2D eigenvalue weighted by Gasteiger charge is -2.34. The number of nitrogens with zero attached hydrogens (tertiary/aromatic N) is 4. The lowest BCUT2D eigenvalue weighted by Crippen LogP contribution is -2.45. The first-order valence-corrected chi connectivity index (χ1v) is 13.9. The smallest absolute Gasteiger partial charge is 0.223 e. The van der Waals surface area contributed by atoms with Crippen molar-refractivity contribution in [2.75, 3.05) is 25.1 Å². The van der Waals surface area contributed by atoms with Gasteiger partial charge in [0, 0.05) is 69.7 Å². The molecule has 2 amide bonds. The van der Waals surface area contributed by atoms with Crippen LogP contribution >= 0.6 is 0 Å². The number of carbonyl (C=O) groups excluding carboxylic acids is 2. The van der Waals surface area contributed by atoms with Gasteiger partial charge in [0.25, 0.3) is 0 Å². The Morgan fingerprint density at radius 3 is 2.56 bits per heavy atom. The topological polar surface area (TPSA) is 66.0 Å². The van der Waals surface area contributed by atoms with Crippen LogP contribution in [-0.4, -0.2) is 58.9 Å². The van der Waals surface area contributed by atoms with Gasteiger partial charge in [-0.25, -0.2) is 0 Å². The Balaban J connectivity index is 1.45. The third-order valence-electron chi connectivity index (χ3n) is 8.15. The van der Waals surface area contributed by atoms with E-state index >= 15 is 0 Å². The zero-order chi connectivity index (χ0) is 27.2. The molecule has 2 aromatic carbocycles. The molecule has 3 aromatic rings. The molecule has 0 spiro atoms. The van der Waals surface area contributed by atoms with E-state index in [-0.39, 0.29) is 17.9 Å². The molecule has 7 heteroatoms. The Morgan fingerprint density at radius 1 is 0.974 bits per heavy atom. The molecule has 2 atom stereocenters. The molecule has 204 valence electrons. The predicted molar refractivity (Wildman–Crippen MR) is 152 cm³/mol. The van der Waals surface area contributed by atoms with Gasteiger partial charge >= 0.3 is 0 Å². The van der Waals surface area contributed by atoms with Gasteiger partial charge in [0.15, 0.2) is 0 Å². The fourth-order valence-corrected chi connectivity index (χ4v) is 6.14. The first kappa shape index (κ1) is 26.9. The number of amides is 2. The molecule has 0 N–H and O–H groups in total. The van der Waals surface area contributed by atoms with E-state index in [2.05, 4.69) is 22.0 Å². The van der Waals surface area contributed by atoms with Crippen LogP contribution in [-0.2, 0) is 29.1 Å². The Bertz CT molecular complexity index is 1280. The molecule has 39 heavy (non-hydrogen) atoms. The molecular formula is C32H38N4O3. The highest BCUT2D eigenvalue weighted by Gasteiger charge is 2.36. The monoisotopic (exact) mass is 526 g/mol. The largest absolute Gasteiger partial charge is 0.496 e. The van der Waals surface area contributed by atoms with Gasteiger partial charge in [0.05, 0.1) is 7.11 Å². The van der Waals surface area contributed by atoms with E-state index < -0.39 is 0 Å². The van der Waals surface area contributed by atoms with Gasteiger partial charge in [0.1, 0.15) is 5.75 Å². The summed E-state index contributed by atoms with van der Waals surface area (Å²) < 4.78 is 5.52. The van der Waals surface area contributed by atoms with Crippen LogP contribution in [0.3, 0.4) is 0 Å². The molecule has 2 unspecified atom stereocenters. The number of aryl methyl sites for hydroxylation is 1. The summed E-state index contributed by atoms with van der Waals surface area (Å²) in [5.41, 5.74) is 4.12. The Labute approximate surface area is 231 Å². The van der Waals surface area contributed by atoms with E-state index in [0.29, 0.717) is 38.5 Å². The van der Waals surface area contributed by atoms with Crippen LogP contribution in [0.1, 0.15) is 49.3 Å². The van der Waals surface area contributed by atoms with Gasteiger partial charge in [-0.2, -0.15) is 0 Å². The average Bonchev–Trinajstić information content (AvgIpc) is 3.31. The fourth-order valence-electron chi connectivity index (χ4n) is 6.14. The first-order valence-electron chi connectivity index (χ1n) is 13.9. The summed E-state index contributed by atoms with van der Waals surface area (Å²) in [4.78, 5) is 37.5. The molecule has 7 nitrogen and oxygen atoms in total. The normalized spacial score (nSPS) is 19.7. The van der Waals surface area contributed by atoms with Crippen molar-refractivity contribution in [2.45, 2.75) is 64.2 Å². The van der Waals surface area contributed by atoms with Crippen LogP contribution in [0, 0.1) is 0 Å². The molecule has 1 aromatic heterocycles. The second kappa shape index (κ2) is 12.4. The maximum absolute atomic E-state index is 13.9. The highest BCUT2D eigenvalue weighted by atomic mass is 16.5. The number of rotatable bonds is 6. The highest BCUT2D eigenvalue weighted by Crippen LogP contribution is 2.33. The Kier molecular flexibility index (Phi) is 8.57. The van der Waals surface area contributed by atoms with Crippen LogP contribution in [0.2, 0.25) is 0 Å². The van der Waals surface area contributed by atoms with Gasteiger partial charge < -0.3 is 14.5 Å². The molecule has 0 aliphatic carbocycles. The summed E-state index contributed by atoms with van der Waals surface area (Å²) in [5, 5.41) is 0. The SMILES string of the molecule is COc1ccccc1CCC(=O)N1Cc2ccccc2N(C(C)=O)CCC2CCC(C1)N2Cc1cccnc1. The van der Waals surface area contributed by atoms with E-state index in [9.17, 15) is 9.59 Å². The van der Waals surface area contributed by atoms with Crippen molar-refractivity contribution in [3.63, 3.8) is 0 Å². The van der Waals surface area contributed by atoms with Crippen LogP contribution in [0.5, 0.6) is 5.75 Å². The maximum atomic E-state index is 13.9. The van der Waals surface area contributed by atoms with Crippen molar-refractivity contribution in [3.8, 4) is 5.75 Å². The number of ether oxygens (including phenoxy) is 1. The maximum Gasteiger partial charge on any atom is 0.223 e. The molecule has 0 radical (unpaired) electrons. The summed E-state index contributed by atoms with van der Waals surface area (Å²) in [5.74, 6) is 0.963. The number of aromatic nitrogens is 1. The minimum atomic E-state index is 0.0316. The standard InChI is InChI=1S/C32H38N4O3/c1-24(37)35-19-17-28-14-15-29(36(28)21-25-8-7-18-33-20-25)23-34(22-27-10-3-5-11-30(27)35)32(38)16-13-26-9-4-6-12-31(26)39-2/h3-12,18,20,28-29H,13-17,19,21-23H2,1-2H3. The van der Waals surface area contributed by atoms with E-state index in [4.69, 9.17) is 4.74 Å². The lowest BCUT2D eigenvalue weighted by atomic mass is 10.1. The van der Waals surface area contributed by atoms with Crippen molar-refractivity contribution >= 4 is 17.5 Å². The van der Waals surface area contributed by atoms with Gasteiger partial charge in [-0.15, -0.1) is 0 Å². The van der Waals surface area contributed by atoms with E-state index in [1.807, 2.05) is 64.5 Å². The first-order chi connectivity index (χ1) is 19.0. The summed E-state index contributed by atoms with van der Waals surface area (Å²) in [6, 6.07) is 20.6. The fraction of sp³-hybridized carbons (Fsp3) is 0.406. The second-order valence-corrected chi connectivity index (χ2v) is 10.6. The number of hydrogen-bond acceptors (Lipinski definition) is 5. The molecule has 5 rings (SSSR count). The molecular weight excluding hydrogens is 488 g/mol. The molecule has 2 bridgehead atoms. The average molecular weight is 527 g/mol. The molecule has 1 fully saturated rings. The lowest BCUT2D eigenvalue weighted by molar-refractivity contribution is -0.132. The van der Waals surface area contributed by atoms with E-state index in [0.717, 1.165) is 48.4 Å². The molecule has 2 aliphatic rings. The van der Waals surface area contributed by atoms with Crippen molar-refractivity contribution in [2.24, 2.45) is 0 Å². The third-order valence-corrected chi connectivity index (χ3v) is 8.15. The van der Waals surface area contributed by atoms with Crippen molar-refractivity contribution in [1.82, 2.24) is 14.8 Å². The number of benzene rings is 2. The number of carbonyl (C=O) groups is 2. The Hall–Kier alpha value is -3.71. The molecule has 2 aliphatic heterocycles. The summed E-state index contributed by atoms with van der Waals surface area (Å²) in [6.45, 7) is 4.23. The minimum absolute atomic E-state index is 0.0316. The van der Waals surface area contributed by atoms with Crippen molar-refractivity contribution in [1.29, 1.82) is 0 Å². The second-order valence-electron chi connectivity index (χ2n) is 10.6. The minimum Gasteiger partial charge on any atom is -0.496 e. The Morgan fingerprint density at radius 2 is 1.77 bits per heavy atom. The zero-order valence-corrected chi connectivity index (χ0v) is 23.0.